The van der Waals surface area contributed by atoms with Gasteiger partial charge in [0.1, 0.15) is 0 Å². The number of ether oxygens (including phenoxy) is 1. The van der Waals surface area contributed by atoms with Crippen molar-refractivity contribution < 1.29 is 24.5 Å². The summed E-state index contributed by atoms with van der Waals surface area (Å²) in [4.78, 5) is 24.5. The molecule has 0 radical (unpaired) electrons. The third kappa shape index (κ3) is 59.3. The number of hydrogen-bond donors (Lipinski definition) is 3. The van der Waals surface area contributed by atoms with E-state index in [9.17, 15) is 19.8 Å². The van der Waals surface area contributed by atoms with Gasteiger partial charge in [0.25, 0.3) is 0 Å². The van der Waals surface area contributed by atoms with Crippen molar-refractivity contribution in [1.29, 1.82) is 0 Å². The second-order valence-electron chi connectivity index (χ2n) is 22.8. The predicted molar refractivity (Wildman–Crippen MR) is 324 cm³/mol. The zero-order valence-corrected chi connectivity index (χ0v) is 49.8. The Bertz CT molecular complexity index is 1200. The van der Waals surface area contributed by atoms with Gasteiger partial charge < -0.3 is 20.3 Å². The van der Waals surface area contributed by atoms with Crippen molar-refractivity contribution in [2.24, 2.45) is 0 Å². The highest BCUT2D eigenvalue weighted by Gasteiger charge is 2.20. The van der Waals surface area contributed by atoms with Crippen molar-refractivity contribution >= 4 is 11.9 Å². The molecule has 0 rings (SSSR count). The van der Waals surface area contributed by atoms with Gasteiger partial charge in [-0.2, -0.15) is 0 Å². The van der Waals surface area contributed by atoms with Gasteiger partial charge in [0, 0.05) is 12.8 Å². The molecule has 6 heteroatoms. The van der Waals surface area contributed by atoms with Crippen LogP contribution in [0.3, 0.4) is 0 Å². The molecule has 2 atom stereocenters. The lowest BCUT2D eigenvalue weighted by molar-refractivity contribution is -0.143. The molecule has 0 saturated carbocycles. The average Bonchev–Trinajstić information content (AvgIpc) is 3.40. The van der Waals surface area contributed by atoms with Crippen LogP contribution in [0, 0.1) is 0 Å². The van der Waals surface area contributed by atoms with Crippen molar-refractivity contribution in [3.63, 3.8) is 0 Å². The normalized spacial score (nSPS) is 12.8. The van der Waals surface area contributed by atoms with Crippen molar-refractivity contribution in [2.75, 3.05) is 13.2 Å². The lowest BCUT2D eigenvalue weighted by atomic mass is 10.0. The fourth-order valence-corrected chi connectivity index (χ4v) is 10.3. The number of hydrogen-bond acceptors (Lipinski definition) is 5. The Morgan fingerprint density at radius 3 is 1.07 bits per heavy atom. The van der Waals surface area contributed by atoms with E-state index < -0.39 is 12.1 Å². The first-order valence-corrected chi connectivity index (χ1v) is 33.2. The third-order valence-electron chi connectivity index (χ3n) is 15.4. The van der Waals surface area contributed by atoms with Crippen molar-refractivity contribution in [3.05, 3.63) is 36.5 Å². The summed E-state index contributed by atoms with van der Waals surface area (Å²) >= 11 is 0. The van der Waals surface area contributed by atoms with E-state index in [1.807, 2.05) is 0 Å². The number of amides is 1. The number of aliphatic hydroxyl groups is 2. The standard InChI is InChI=1S/C68H129NO5/c1-3-5-7-9-11-13-15-17-18-19-20-21-25-28-31-34-37-40-44-48-52-56-60-66(71)65(64-70)69-67(72)61-57-53-49-45-41-38-35-32-29-26-23-22-24-27-30-33-36-39-43-47-51-55-59-63-74-68(73)62-58-54-50-46-42-16-14-12-10-8-6-4-2/h12,14,22,24,26,29,65-66,70-71H,3-11,13,15-21,23,25,27-28,30-64H2,1-2H3,(H,69,72)/b14-12-,24-22-,29-26-. The van der Waals surface area contributed by atoms with Gasteiger partial charge in [0.05, 0.1) is 25.4 Å². The van der Waals surface area contributed by atoms with Gasteiger partial charge >= 0.3 is 5.97 Å². The molecule has 2 unspecified atom stereocenters. The molecule has 0 saturated heterocycles. The van der Waals surface area contributed by atoms with Crippen LogP contribution in [0.25, 0.3) is 0 Å². The second-order valence-corrected chi connectivity index (χ2v) is 22.8. The predicted octanol–water partition coefficient (Wildman–Crippen LogP) is 21.1. The van der Waals surface area contributed by atoms with Crippen LogP contribution in [-0.2, 0) is 14.3 Å². The van der Waals surface area contributed by atoms with Crippen LogP contribution in [0.15, 0.2) is 36.5 Å². The average molecular weight is 1040 g/mol. The Labute approximate surface area is 462 Å². The van der Waals surface area contributed by atoms with E-state index in [4.69, 9.17) is 4.74 Å². The number of aliphatic hydroxyl groups excluding tert-OH is 2. The van der Waals surface area contributed by atoms with E-state index >= 15 is 0 Å². The summed E-state index contributed by atoms with van der Waals surface area (Å²) in [5, 5.41) is 23.4. The minimum Gasteiger partial charge on any atom is -0.466 e. The molecule has 74 heavy (non-hydrogen) atoms. The molecule has 0 aromatic heterocycles. The quantitative estimate of drug-likeness (QED) is 0.0320. The fourth-order valence-electron chi connectivity index (χ4n) is 10.3. The summed E-state index contributed by atoms with van der Waals surface area (Å²) in [6.45, 7) is 4.94. The van der Waals surface area contributed by atoms with Gasteiger partial charge in [0.2, 0.25) is 5.91 Å². The summed E-state index contributed by atoms with van der Waals surface area (Å²) in [5.41, 5.74) is 0. The Morgan fingerprint density at radius 2 is 0.676 bits per heavy atom. The van der Waals surface area contributed by atoms with Crippen LogP contribution in [0.4, 0.5) is 0 Å². The molecule has 0 aromatic rings. The van der Waals surface area contributed by atoms with E-state index in [0.717, 1.165) is 57.8 Å². The molecule has 1 amide bonds. The summed E-state index contributed by atoms with van der Waals surface area (Å²) in [7, 11) is 0. The van der Waals surface area contributed by atoms with Gasteiger partial charge in [-0.1, -0.05) is 301 Å². The van der Waals surface area contributed by atoms with Crippen LogP contribution in [0.5, 0.6) is 0 Å². The summed E-state index contributed by atoms with van der Waals surface area (Å²) in [6, 6.07) is -0.551. The first-order valence-electron chi connectivity index (χ1n) is 33.2. The maximum absolute atomic E-state index is 12.5. The molecule has 0 heterocycles. The van der Waals surface area contributed by atoms with Gasteiger partial charge in [-0.15, -0.1) is 0 Å². The van der Waals surface area contributed by atoms with E-state index in [2.05, 4.69) is 55.6 Å². The molecule has 0 aliphatic heterocycles. The number of allylic oxidation sites excluding steroid dienone is 6. The number of unbranched alkanes of at least 4 members (excludes halogenated alkanes) is 45. The minimum atomic E-state index is -0.672. The fraction of sp³-hybridized carbons (Fsp3) is 0.882. The highest BCUT2D eigenvalue weighted by atomic mass is 16.5. The molecular weight excluding hydrogens is 911 g/mol. The van der Waals surface area contributed by atoms with E-state index in [-0.39, 0.29) is 18.5 Å². The topological polar surface area (TPSA) is 95.9 Å². The van der Waals surface area contributed by atoms with Crippen molar-refractivity contribution in [1.82, 2.24) is 5.32 Å². The molecule has 0 bridgehead atoms. The van der Waals surface area contributed by atoms with Gasteiger partial charge in [-0.05, 0) is 83.5 Å². The highest BCUT2D eigenvalue weighted by molar-refractivity contribution is 5.76. The monoisotopic (exact) mass is 1040 g/mol. The Morgan fingerprint density at radius 1 is 0.378 bits per heavy atom. The van der Waals surface area contributed by atoms with Gasteiger partial charge in [-0.25, -0.2) is 0 Å². The molecule has 436 valence electrons. The van der Waals surface area contributed by atoms with E-state index in [1.54, 1.807) is 0 Å². The maximum atomic E-state index is 12.5. The molecule has 0 fully saturated rings. The number of esters is 1. The first kappa shape index (κ1) is 72.1. The van der Waals surface area contributed by atoms with Crippen molar-refractivity contribution in [3.8, 4) is 0 Å². The van der Waals surface area contributed by atoms with Crippen LogP contribution in [0.2, 0.25) is 0 Å². The number of carbonyl (C=O) groups excluding carboxylic acids is 2. The summed E-state index contributed by atoms with van der Waals surface area (Å²) < 4.78 is 5.46. The molecule has 0 aromatic carbocycles. The lowest BCUT2D eigenvalue weighted by Gasteiger charge is -2.22. The number of rotatable bonds is 62. The van der Waals surface area contributed by atoms with Gasteiger partial charge in [0.15, 0.2) is 0 Å². The molecular formula is C68H129NO5. The summed E-state index contributed by atoms with van der Waals surface area (Å²) in [5.74, 6) is -0.0448. The minimum absolute atomic E-state index is 0.00272. The van der Waals surface area contributed by atoms with Gasteiger partial charge in [-0.3, -0.25) is 9.59 Å². The van der Waals surface area contributed by atoms with Crippen LogP contribution in [-0.4, -0.2) is 47.4 Å². The lowest BCUT2D eigenvalue weighted by Crippen LogP contribution is -2.45. The van der Waals surface area contributed by atoms with Crippen LogP contribution in [0.1, 0.15) is 361 Å². The van der Waals surface area contributed by atoms with Crippen LogP contribution >= 0.6 is 0 Å². The molecule has 0 spiro atoms. The Kier molecular flexibility index (Phi) is 62.0. The smallest absolute Gasteiger partial charge is 0.305 e. The zero-order valence-electron chi connectivity index (χ0n) is 49.8. The molecule has 6 nitrogen and oxygen atoms in total. The van der Waals surface area contributed by atoms with E-state index in [1.165, 1.54) is 270 Å². The molecule has 3 N–H and O–H groups in total. The number of nitrogens with one attached hydrogen (secondary N) is 1. The Balaban J connectivity index is 3.46. The second kappa shape index (κ2) is 63.6. The van der Waals surface area contributed by atoms with Crippen LogP contribution < -0.4 is 5.32 Å². The molecule has 0 aliphatic carbocycles. The van der Waals surface area contributed by atoms with E-state index in [0.29, 0.717) is 25.9 Å². The maximum Gasteiger partial charge on any atom is 0.305 e. The molecule has 0 aliphatic rings. The SMILES string of the molecule is CCCCC/C=C\CCCCCCCC(=O)OCCCCCCCCCCC/C=C\C/C=C\CCCCCCCCCC(=O)NC(CO)C(O)CCCCCCCCCCCCCCCCCCCCCCCC. The Hall–Kier alpha value is -1.92. The third-order valence-corrected chi connectivity index (χ3v) is 15.4. The summed E-state index contributed by atoms with van der Waals surface area (Å²) in [6.07, 6.45) is 80.3. The first-order chi connectivity index (χ1) is 36.5. The van der Waals surface area contributed by atoms with Crippen molar-refractivity contribution in [2.45, 2.75) is 373 Å². The number of carbonyl (C=O) groups is 2. The largest absolute Gasteiger partial charge is 0.466 e. The zero-order chi connectivity index (χ0) is 53.6. The highest BCUT2D eigenvalue weighted by Crippen LogP contribution is 2.18.